The highest BCUT2D eigenvalue weighted by atomic mass is 16.1. The van der Waals surface area contributed by atoms with E-state index in [1.54, 1.807) is 0 Å². The lowest BCUT2D eigenvalue weighted by Gasteiger charge is -1.95. The van der Waals surface area contributed by atoms with Crippen molar-refractivity contribution in [2.24, 2.45) is 5.92 Å². The first-order valence-electron chi connectivity index (χ1n) is 3.84. The Morgan fingerprint density at radius 2 is 2.20 bits per heavy atom. The van der Waals surface area contributed by atoms with Crippen molar-refractivity contribution in [1.29, 1.82) is 0 Å². The van der Waals surface area contributed by atoms with Gasteiger partial charge in [-0.05, 0) is 19.3 Å². The van der Waals surface area contributed by atoms with Gasteiger partial charge in [0.25, 0.3) is 0 Å². The molecule has 10 heavy (non-hydrogen) atoms. The molecule has 0 aromatic carbocycles. The summed E-state index contributed by atoms with van der Waals surface area (Å²) in [6.45, 7) is 4.00. The van der Waals surface area contributed by atoms with Gasteiger partial charge in [-0.2, -0.15) is 0 Å². The highest BCUT2D eigenvalue weighted by Crippen LogP contribution is 2.02. The van der Waals surface area contributed by atoms with Crippen LogP contribution in [0.3, 0.4) is 0 Å². The molecule has 0 rings (SSSR count). The molecule has 0 bridgehead atoms. The Labute approximate surface area is 63.1 Å². The quantitative estimate of drug-likeness (QED) is 0.535. The van der Waals surface area contributed by atoms with Crippen LogP contribution in [0.5, 0.6) is 0 Å². The molecular weight excluding hydrogens is 124 g/mol. The van der Waals surface area contributed by atoms with Gasteiger partial charge in [0.1, 0.15) is 0 Å². The summed E-state index contributed by atoms with van der Waals surface area (Å²) in [4.78, 5) is 10.0. The van der Waals surface area contributed by atoms with Crippen LogP contribution in [-0.2, 0) is 4.79 Å². The topological polar surface area (TPSA) is 17.1 Å². The van der Waals surface area contributed by atoms with E-state index in [1.165, 1.54) is 0 Å². The fourth-order valence-electron chi connectivity index (χ4n) is 0.690. The van der Waals surface area contributed by atoms with Gasteiger partial charge in [0.2, 0.25) is 6.29 Å². The van der Waals surface area contributed by atoms with E-state index >= 15 is 0 Å². The monoisotopic (exact) mass is 139 g/mol. The highest BCUT2D eigenvalue weighted by Gasteiger charge is 1.96. The Kier molecular flexibility index (Phi) is 6.14. The number of carbonyl (C=O) groups excluding carboxylic acids is 1. The number of hydrogen-bond donors (Lipinski definition) is 0. The van der Waals surface area contributed by atoms with Crippen LogP contribution in [0.2, 0.25) is 0 Å². The second-order valence-electron chi connectivity index (χ2n) is 2.48. The predicted molar refractivity (Wildman–Crippen MR) is 43.5 cm³/mol. The van der Waals surface area contributed by atoms with E-state index in [9.17, 15) is 4.79 Å². The van der Waals surface area contributed by atoms with Gasteiger partial charge in [-0.25, -0.2) is 0 Å². The van der Waals surface area contributed by atoms with E-state index < -0.39 is 0 Å². The summed E-state index contributed by atoms with van der Waals surface area (Å²) in [5, 5.41) is 0. The maximum Gasteiger partial charge on any atom is 0.201 e. The third-order valence-corrected chi connectivity index (χ3v) is 1.37. The third kappa shape index (κ3) is 5.54. The van der Waals surface area contributed by atoms with Crippen LogP contribution in [0.25, 0.3) is 0 Å². The molecule has 57 valence electrons. The molecule has 1 radical (unpaired) electrons. The van der Waals surface area contributed by atoms with Crippen molar-refractivity contribution in [1.82, 2.24) is 0 Å². The summed E-state index contributed by atoms with van der Waals surface area (Å²) in [6.07, 6.45) is 9.22. The molecule has 0 aliphatic heterocycles. The molecule has 0 aromatic rings. The van der Waals surface area contributed by atoms with Crippen LogP contribution in [0, 0.1) is 5.92 Å². The largest absolute Gasteiger partial charge is 0.291 e. The van der Waals surface area contributed by atoms with Crippen molar-refractivity contribution in [2.45, 2.75) is 33.1 Å². The molecular formula is C9H15O. The van der Waals surface area contributed by atoms with Crippen LogP contribution in [0.15, 0.2) is 12.2 Å². The van der Waals surface area contributed by atoms with E-state index in [2.05, 4.69) is 19.1 Å². The molecule has 0 amide bonds. The minimum absolute atomic E-state index is 0.0986. The Bertz CT molecular complexity index is 105. The Morgan fingerprint density at radius 3 is 2.70 bits per heavy atom. The summed E-state index contributed by atoms with van der Waals surface area (Å²) in [5.74, 6) is 0.0986. The van der Waals surface area contributed by atoms with Crippen molar-refractivity contribution in [3.63, 3.8) is 0 Å². The molecule has 0 spiro atoms. The van der Waals surface area contributed by atoms with Crippen LogP contribution < -0.4 is 0 Å². The van der Waals surface area contributed by atoms with Crippen molar-refractivity contribution in [3.8, 4) is 0 Å². The SMILES string of the molecule is CC/C=C/CCC(C)[C]=O. The van der Waals surface area contributed by atoms with Crippen LogP contribution in [0.4, 0.5) is 0 Å². The molecule has 0 aliphatic carbocycles. The van der Waals surface area contributed by atoms with Gasteiger partial charge in [0.15, 0.2) is 0 Å². The van der Waals surface area contributed by atoms with Crippen LogP contribution in [-0.4, -0.2) is 6.29 Å². The fourth-order valence-corrected chi connectivity index (χ4v) is 0.690. The first-order valence-corrected chi connectivity index (χ1v) is 3.84. The molecule has 0 aromatic heterocycles. The van der Waals surface area contributed by atoms with E-state index in [4.69, 9.17) is 0 Å². The minimum Gasteiger partial charge on any atom is -0.291 e. The van der Waals surface area contributed by atoms with Gasteiger partial charge in [-0.1, -0.05) is 26.0 Å². The van der Waals surface area contributed by atoms with Crippen molar-refractivity contribution < 1.29 is 4.79 Å². The second kappa shape index (κ2) is 6.53. The van der Waals surface area contributed by atoms with Crippen LogP contribution >= 0.6 is 0 Å². The lowest BCUT2D eigenvalue weighted by Crippen LogP contribution is -1.93. The maximum absolute atomic E-state index is 10.0. The normalized spacial score (nSPS) is 13.8. The van der Waals surface area contributed by atoms with Gasteiger partial charge >= 0.3 is 0 Å². The average molecular weight is 139 g/mol. The molecule has 0 heterocycles. The predicted octanol–water partition coefficient (Wildman–Crippen LogP) is 2.48. The molecule has 0 N–H and O–H groups in total. The van der Waals surface area contributed by atoms with E-state index in [0.717, 1.165) is 19.3 Å². The Morgan fingerprint density at radius 1 is 1.50 bits per heavy atom. The standard InChI is InChI=1S/C9H15O/c1-3-4-5-6-7-9(2)8-10/h4-5,9H,3,6-7H2,1-2H3/b5-4+. The molecule has 0 saturated heterocycles. The minimum atomic E-state index is 0.0986. The summed E-state index contributed by atoms with van der Waals surface area (Å²) in [6, 6.07) is 0. The van der Waals surface area contributed by atoms with E-state index in [1.807, 2.05) is 13.2 Å². The Balaban J connectivity index is 3.18. The molecule has 1 heteroatoms. The summed E-state index contributed by atoms with van der Waals surface area (Å²) in [5.41, 5.74) is 0. The zero-order valence-corrected chi connectivity index (χ0v) is 6.76. The zero-order chi connectivity index (χ0) is 7.82. The number of hydrogen-bond acceptors (Lipinski definition) is 1. The first kappa shape index (κ1) is 9.41. The molecule has 1 nitrogen and oxygen atoms in total. The van der Waals surface area contributed by atoms with Crippen molar-refractivity contribution in [2.75, 3.05) is 0 Å². The number of allylic oxidation sites excluding steroid dienone is 2. The smallest absolute Gasteiger partial charge is 0.201 e. The summed E-state index contributed by atoms with van der Waals surface area (Å²) >= 11 is 0. The maximum atomic E-state index is 10.0. The van der Waals surface area contributed by atoms with Crippen molar-refractivity contribution >= 4 is 6.29 Å². The fraction of sp³-hybridized carbons (Fsp3) is 0.667. The summed E-state index contributed by atoms with van der Waals surface area (Å²) < 4.78 is 0. The van der Waals surface area contributed by atoms with Crippen LogP contribution in [0.1, 0.15) is 33.1 Å². The van der Waals surface area contributed by atoms with Gasteiger partial charge in [0.05, 0.1) is 0 Å². The van der Waals surface area contributed by atoms with Crippen molar-refractivity contribution in [3.05, 3.63) is 12.2 Å². The average Bonchev–Trinajstić information content (AvgIpc) is 1.98. The lowest BCUT2D eigenvalue weighted by molar-refractivity contribution is 0.521. The Hall–Kier alpha value is -0.590. The summed E-state index contributed by atoms with van der Waals surface area (Å²) in [7, 11) is 0. The molecule has 0 aliphatic rings. The highest BCUT2D eigenvalue weighted by molar-refractivity contribution is 5.53. The van der Waals surface area contributed by atoms with Gasteiger partial charge in [-0.3, -0.25) is 4.79 Å². The van der Waals surface area contributed by atoms with E-state index in [-0.39, 0.29) is 5.92 Å². The van der Waals surface area contributed by atoms with E-state index in [0.29, 0.717) is 0 Å². The molecule has 1 atom stereocenters. The zero-order valence-electron chi connectivity index (χ0n) is 6.76. The van der Waals surface area contributed by atoms with Gasteiger partial charge < -0.3 is 0 Å². The van der Waals surface area contributed by atoms with Gasteiger partial charge in [-0.15, -0.1) is 0 Å². The molecule has 1 unspecified atom stereocenters. The molecule has 0 saturated carbocycles. The third-order valence-electron chi connectivity index (χ3n) is 1.37. The first-order chi connectivity index (χ1) is 4.81. The van der Waals surface area contributed by atoms with Gasteiger partial charge in [0, 0.05) is 5.92 Å². The lowest BCUT2D eigenvalue weighted by atomic mass is 10.1. The molecule has 0 fully saturated rings. The second-order valence-corrected chi connectivity index (χ2v) is 2.48. The number of rotatable bonds is 5.